The number of hydrazone groups is 1. The molecule has 1 aliphatic rings. The third-order valence-electron chi connectivity index (χ3n) is 4.01. The van der Waals surface area contributed by atoms with Crippen LogP contribution in [0.5, 0.6) is 0 Å². The highest BCUT2D eigenvalue weighted by Crippen LogP contribution is 2.29. The van der Waals surface area contributed by atoms with Gasteiger partial charge in [-0.05, 0) is 24.6 Å². The molecule has 1 aliphatic heterocycles. The first-order valence-corrected chi connectivity index (χ1v) is 8.34. The van der Waals surface area contributed by atoms with Crippen molar-refractivity contribution in [1.82, 2.24) is 5.43 Å². The number of ether oxygens (including phenoxy) is 1. The van der Waals surface area contributed by atoms with Crippen molar-refractivity contribution >= 4 is 29.1 Å². The Hall–Kier alpha value is -2.66. The first kappa shape index (κ1) is 17.2. The van der Waals surface area contributed by atoms with Crippen LogP contribution >= 0.6 is 11.6 Å². The van der Waals surface area contributed by atoms with E-state index in [4.69, 9.17) is 16.3 Å². The maximum absolute atomic E-state index is 12.9. The maximum Gasteiger partial charge on any atom is 0.355 e. The largest absolute Gasteiger partial charge is 0.461 e. The lowest BCUT2D eigenvalue weighted by atomic mass is 9.84. The predicted octanol–water partition coefficient (Wildman–Crippen LogP) is 3.20. The fourth-order valence-corrected chi connectivity index (χ4v) is 2.96. The first-order valence-electron chi connectivity index (χ1n) is 7.96. The van der Waals surface area contributed by atoms with Gasteiger partial charge in [-0.3, -0.25) is 10.2 Å². The van der Waals surface area contributed by atoms with Crippen molar-refractivity contribution in [3.05, 3.63) is 70.7 Å². The zero-order valence-electron chi connectivity index (χ0n) is 13.6. The Morgan fingerprint density at radius 1 is 1.12 bits per heavy atom. The van der Waals surface area contributed by atoms with Crippen molar-refractivity contribution < 1.29 is 14.3 Å². The molecule has 1 N–H and O–H groups in total. The van der Waals surface area contributed by atoms with Gasteiger partial charge in [-0.2, -0.15) is 5.10 Å². The van der Waals surface area contributed by atoms with Crippen LogP contribution in [0, 0.1) is 0 Å². The molecule has 0 aliphatic carbocycles. The molecule has 0 amide bonds. The third-order valence-corrected chi connectivity index (χ3v) is 4.26. The minimum Gasteiger partial charge on any atom is -0.461 e. The fraction of sp³-hybridized carbons (Fsp3) is 0.211. The maximum atomic E-state index is 12.9. The van der Waals surface area contributed by atoms with Gasteiger partial charge in [0.15, 0.2) is 11.5 Å². The summed E-state index contributed by atoms with van der Waals surface area (Å²) in [5, 5.41) is 4.68. The highest BCUT2D eigenvalue weighted by Gasteiger charge is 2.41. The van der Waals surface area contributed by atoms with Crippen LogP contribution in [-0.4, -0.2) is 30.1 Å². The Balaban J connectivity index is 1.97. The second-order valence-electron chi connectivity index (χ2n) is 5.58. The van der Waals surface area contributed by atoms with Gasteiger partial charge in [-0.1, -0.05) is 54.1 Å². The van der Waals surface area contributed by atoms with Crippen LogP contribution in [0.25, 0.3) is 0 Å². The third kappa shape index (κ3) is 3.56. The summed E-state index contributed by atoms with van der Waals surface area (Å²) in [6.45, 7) is 1.97. The van der Waals surface area contributed by atoms with Crippen molar-refractivity contribution in [2.75, 3.05) is 6.61 Å². The number of halogens is 1. The number of carbonyl (C=O) groups is 2. The quantitative estimate of drug-likeness (QED) is 0.660. The molecule has 3 rings (SSSR count). The van der Waals surface area contributed by atoms with Gasteiger partial charge in [0.25, 0.3) is 0 Å². The first-order chi connectivity index (χ1) is 12.1. The van der Waals surface area contributed by atoms with Gasteiger partial charge in [-0.25, -0.2) is 4.79 Å². The zero-order chi connectivity index (χ0) is 17.8. The summed E-state index contributed by atoms with van der Waals surface area (Å²) < 4.78 is 5.09. The Bertz CT molecular complexity index is 803. The molecule has 128 valence electrons. The molecule has 1 heterocycles. The number of esters is 1. The predicted molar refractivity (Wildman–Crippen MR) is 96.0 cm³/mol. The zero-order valence-corrected chi connectivity index (χ0v) is 14.4. The molecule has 2 aromatic rings. The molecule has 0 radical (unpaired) electrons. The average Bonchev–Trinajstić information content (AvgIpc) is 3.08. The van der Waals surface area contributed by atoms with Crippen LogP contribution < -0.4 is 5.43 Å². The van der Waals surface area contributed by atoms with Crippen LogP contribution in [0.4, 0.5) is 0 Å². The monoisotopic (exact) mass is 356 g/mol. The van der Waals surface area contributed by atoms with Crippen molar-refractivity contribution in [3.63, 3.8) is 0 Å². The molecular formula is C19H17ClN2O3. The topological polar surface area (TPSA) is 67.8 Å². The minimum absolute atomic E-state index is 0.136. The smallest absolute Gasteiger partial charge is 0.355 e. The summed E-state index contributed by atoms with van der Waals surface area (Å²) in [7, 11) is 0. The molecule has 2 atom stereocenters. The molecule has 0 unspecified atom stereocenters. The van der Waals surface area contributed by atoms with Gasteiger partial charge in [0.2, 0.25) is 0 Å². The van der Waals surface area contributed by atoms with Gasteiger partial charge in [0.1, 0.15) is 6.04 Å². The summed E-state index contributed by atoms with van der Waals surface area (Å²) in [6, 6.07) is 15.3. The van der Waals surface area contributed by atoms with E-state index in [1.807, 2.05) is 6.07 Å². The molecule has 25 heavy (non-hydrogen) atoms. The molecule has 0 aromatic heterocycles. The van der Waals surface area contributed by atoms with Gasteiger partial charge in [0, 0.05) is 10.6 Å². The van der Waals surface area contributed by atoms with E-state index >= 15 is 0 Å². The summed E-state index contributed by atoms with van der Waals surface area (Å²) >= 11 is 5.96. The summed E-state index contributed by atoms with van der Waals surface area (Å²) in [6.07, 6.45) is 0. The number of hydrogen-bond acceptors (Lipinski definition) is 5. The molecule has 0 saturated heterocycles. The second kappa shape index (κ2) is 7.49. The van der Waals surface area contributed by atoms with E-state index in [1.54, 1.807) is 55.5 Å². The SMILES string of the molecule is CCOC(=O)C1=NN[C@@H](C(=O)c2ccccc2)[C@H]1c1ccc(Cl)cc1. The Morgan fingerprint density at radius 2 is 1.80 bits per heavy atom. The van der Waals surface area contributed by atoms with E-state index < -0.39 is 17.9 Å². The lowest BCUT2D eigenvalue weighted by molar-refractivity contribution is -0.135. The number of hydrogen-bond donors (Lipinski definition) is 1. The molecule has 0 bridgehead atoms. The van der Waals surface area contributed by atoms with E-state index in [9.17, 15) is 9.59 Å². The van der Waals surface area contributed by atoms with Crippen LogP contribution in [0.2, 0.25) is 5.02 Å². The van der Waals surface area contributed by atoms with E-state index in [0.29, 0.717) is 10.6 Å². The Morgan fingerprint density at radius 3 is 2.44 bits per heavy atom. The highest BCUT2D eigenvalue weighted by molar-refractivity contribution is 6.40. The lowest BCUT2D eigenvalue weighted by Gasteiger charge is -2.20. The number of nitrogens with zero attached hydrogens (tertiary/aromatic N) is 1. The molecule has 2 aromatic carbocycles. The van der Waals surface area contributed by atoms with Crippen LogP contribution in [0.15, 0.2) is 59.7 Å². The van der Waals surface area contributed by atoms with E-state index in [1.165, 1.54) is 0 Å². The van der Waals surface area contributed by atoms with E-state index in [0.717, 1.165) is 5.56 Å². The van der Waals surface area contributed by atoms with Crippen LogP contribution in [-0.2, 0) is 9.53 Å². The van der Waals surface area contributed by atoms with Gasteiger partial charge >= 0.3 is 5.97 Å². The Kier molecular flexibility index (Phi) is 5.14. The minimum atomic E-state index is -0.678. The molecular weight excluding hydrogens is 340 g/mol. The van der Waals surface area contributed by atoms with Crippen molar-refractivity contribution in [1.29, 1.82) is 0 Å². The number of carbonyl (C=O) groups excluding carboxylic acids is 2. The molecule has 6 heteroatoms. The van der Waals surface area contributed by atoms with Crippen molar-refractivity contribution in [3.8, 4) is 0 Å². The number of Topliss-reactive ketones (excluding diaryl/α,β-unsaturated/α-hetero) is 1. The summed E-state index contributed by atoms with van der Waals surface area (Å²) in [5.41, 5.74) is 4.33. The van der Waals surface area contributed by atoms with Gasteiger partial charge in [-0.15, -0.1) is 0 Å². The summed E-state index contributed by atoms with van der Waals surface area (Å²) in [5.74, 6) is -1.20. The second-order valence-corrected chi connectivity index (χ2v) is 6.02. The number of benzene rings is 2. The fourth-order valence-electron chi connectivity index (χ4n) is 2.83. The van der Waals surface area contributed by atoms with E-state index in [2.05, 4.69) is 10.5 Å². The molecule has 0 fully saturated rings. The Labute approximate surface area is 150 Å². The standard InChI is InChI=1S/C19H17ClN2O3/c1-2-25-19(24)17-15(12-8-10-14(20)11-9-12)16(21-22-17)18(23)13-6-4-3-5-7-13/h3-11,15-16,21H,2H2,1H3/t15-,16-/m1/s1. The van der Waals surface area contributed by atoms with Crippen LogP contribution in [0.3, 0.4) is 0 Å². The van der Waals surface area contributed by atoms with Crippen LogP contribution in [0.1, 0.15) is 28.8 Å². The number of ketones is 1. The van der Waals surface area contributed by atoms with E-state index in [-0.39, 0.29) is 18.1 Å². The number of nitrogens with one attached hydrogen (secondary N) is 1. The highest BCUT2D eigenvalue weighted by atomic mass is 35.5. The molecule has 0 saturated carbocycles. The average molecular weight is 357 g/mol. The van der Waals surface area contributed by atoms with Crippen molar-refractivity contribution in [2.24, 2.45) is 5.10 Å². The van der Waals surface area contributed by atoms with Crippen molar-refractivity contribution in [2.45, 2.75) is 18.9 Å². The molecule has 5 nitrogen and oxygen atoms in total. The lowest BCUT2D eigenvalue weighted by Crippen LogP contribution is -2.37. The van der Waals surface area contributed by atoms with Gasteiger partial charge < -0.3 is 4.74 Å². The number of rotatable bonds is 5. The summed E-state index contributed by atoms with van der Waals surface area (Å²) in [4.78, 5) is 25.2. The van der Waals surface area contributed by atoms with Gasteiger partial charge in [0.05, 0.1) is 12.5 Å². The normalized spacial score (nSPS) is 19.0. The molecule has 0 spiro atoms.